The molecule has 0 fully saturated rings. The van der Waals surface area contributed by atoms with Gasteiger partial charge in [-0.05, 0) is 75.6 Å². The normalized spacial score (nSPS) is 12.8. The molecule has 0 spiro atoms. The second-order valence-corrected chi connectivity index (χ2v) is 10.9. The number of aryl methyl sites for hydroxylation is 2. The van der Waals surface area contributed by atoms with Crippen LogP contribution in [0.1, 0.15) is 101 Å². The van der Waals surface area contributed by atoms with Gasteiger partial charge in [-0.15, -0.1) is 0 Å². The number of hydrogen-bond acceptors (Lipinski definition) is 2. The lowest BCUT2D eigenvalue weighted by molar-refractivity contribution is -0.132. The number of carboxylic acid groups (broad SMARTS) is 1. The Bertz CT molecular complexity index is 1030. The molecule has 3 heteroatoms. The molecule has 0 radical (unpaired) electrons. The Labute approximate surface area is 194 Å². The SMILES string of the molecule is CCc1cc(Cc2cc(CC)cc(C(C)(C)C)c2C=C(C)C(=O)O)c(O)c(C(C)(C)C)c1. The average Bonchev–Trinajstić information content (AvgIpc) is 2.68. The number of carbonyl (C=O) groups is 1. The third-order valence-corrected chi connectivity index (χ3v) is 6.09. The van der Waals surface area contributed by atoms with Crippen molar-refractivity contribution >= 4 is 12.0 Å². The Hall–Kier alpha value is -2.55. The molecule has 0 unspecified atom stereocenters. The van der Waals surface area contributed by atoms with Gasteiger partial charge in [0, 0.05) is 12.0 Å². The largest absolute Gasteiger partial charge is 0.507 e. The first-order valence-corrected chi connectivity index (χ1v) is 11.6. The van der Waals surface area contributed by atoms with E-state index in [4.69, 9.17) is 0 Å². The number of aliphatic carboxylic acids is 1. The van der Waals surface area contributed by atoms with E-state index in [2.05, 4.69) is 79.7 Å². The van der Waals surface area contributed by atoms with Crippen LogP contribution in [0.5, 0.6) is 5.75 Å². The van der Waals surface area contributed by atoms with E-state index in [1.807, 2.05) is 0 Å². The summed E-state index contributed by atoms with van der Waals surface area (Å²) in [7, 11) is 0. The Morgan fingerprint density at radius 1 is 0.844 bits per heavy atom. The van der Waals surface area contributed by atoms with Gasteiger partial charge in [-0.1, -0.05) is 79.7 Å². The minimum atomic E-state index is -0.916. The van der Waals surface area contributed by atoms with Gasteiger partial charge in [-0.25, -0.2) is 4.79 Å². The average molecular weight is 437 g/mol. The van der Waals surface area contributed by atoms with Crippen LogP contribution >= 0.6 is 0 Å². The third-order valence-electron chi connectivity index (χ3n) is 6.09. The number of aromatic hydroxyl groups is 1. The molecule has 2 N–H and O–H groups in total. The van der Waals surface area contributed by atoms with Crippen LogP contribution < -0.4 is 0 Å². The molecule has 0 heterocycles. The van der Waals surface area contributed by atoms with Crippen LogP contribution in [0.25, 0.3) is 6.08 Å². The van der Waals surface area contributed by atoms with Gasteiger partial charge in [0.05, 0.1) is 0 Å². The fourth-order valence-corrected chi connectivity index (χ4v) is 4.08. The molecule has 2 rings (SSSR count). The summed E-state index contributed by atoms with van der Waals surface area (Å²) in [5.41, 5.74) is 7.40. The van der Waals surface area contributed by atoms with E-state index in [1.54, 1.807) is 13.0 Å². The van der Waals surface area contributed by atoms with Crippen molar-refractivity contribution in [2.24, 2.45) is 0 Å². The van der Waals surface area contributed by atoms with Gasteiger partial charge in [0.25, 0.3) is 0 Å². The molecular formula is C29H40O3. The van der Waals surface area contributed by atoms with Gasteiger partial charge >= 0.3 is 5.97 Å². The zero-order valence-corrected chi connectivity index (χ0v) is 21.3. The molecular weight excluding hydrogens is 396 g/mol. The van der Waals surface area contributed by atoms with E-state index in [-0.39, 0.29) is 10.8 Å². The summed E-state index contributed by atoms with van der Waals surface area (Å²) in [6.45, 7) is 18.7. The number of phenolic OH excluding ortho intramolecular Hbond substituents is 1. The Morgan fingerprint density at radius 2 is 1.31 bits per heavy atom. The van der Waals surface area contributed by atoms with Gasteiger partial charge in [-0.2, -0.15) is 0 Å². The van der Waals surface area contributed by atoms with Gasteiger partial charge < -0.3 is 10.2 Å². The van der Waals surface area contributed by atoms with Crippen LogP contribution in [0.2, 0.25) is 0 Å². The molecule has 0 atom stereocenters. The Morgan fingerprint density at radius 3 is 1.75 bits per heavy atom. The van der Waals surface area contributed by atoms with Crippen LogP contribution in [0.4, 0.5) is 0 Å². The lowest BCUT2D eigenvalue weighted by atomic mass is 9.78. The van der Waals surface area contributed by atoms with Crippen molar-refractivity contribution in [2.75, 3.05) is 0 Å². The minimum Gasteiger partial charge on any atom is -0.507 e. The standard InChI is InChI=1S/C29H40O3/c1-10-19-13-21(23(12-18(3)27(31)32)24(15-19)28(4,5)6)17-22-14-20(11-2)16-25(26(22)30)29(7,8)9/h12-16,30H,10-11,17H2,1-9H3,(H,31,32). The topological polar surface area (TPSA) is 57.5 Å². The molecule has 2 aromatic rings. The lowest BCUT2D eigenvalue weighted by Gasteiger charge is -2.27. The summed E-state index contributed by atoms with van der Waals surface area (Å²) < 4.78 is 0. The first kappa shape index (κ1) is 25.7. The van der Waals surface area contributed by atoms with E-state index in [1.165, 1.54) is 11.1 Å². The van der Waals surface area contributed by atoms with E-state index in [0.29, 0.717) is 17.7 Å². The fraction of sp³-hybridized carbons (Fsp3) is 0.483. The smallest absolute Gasteiger partial charge is 0.331 e. The predicted molar refractivity (Wildman–Crippen MR) is 135 cm³/mol. The second-order valence-electron chi connectivity index (χ2n) is 10.9. The maximum absolute atomic E-state index is 11.6. The molecule has 0 saturated carbocycles. The van der Waals surface area contributed by atoms with Crippen LogP contribution in [0.15, 0.2) is 29.8 Å². The zero-order valence-electron chi connectivity index (χ0n) is 21.3. The van der Waals surface area contributed by atoms with Crippen LogP contribution in [0.3, 0.4) is 0 Å². The van der Waals surface area contributed by atoms with Crippen molar-refractivity contribution in [2.45, 2.75) is 92.4 Å². The maximum atomic E-state index is 11.6. The summed E-state index contributed by atoms with van der Waals surface area (Å²) >= 11 is 0. The molecule has 0 saturated heterocycles. The molecule has 32 heavy (non-hydrogen) atoms. The number of carboxylic acids is 1. The summed E-state index contributed by atoms with van der Waals surface area (Å²) in [5, 5.41) is 20.8. The van der Waals surface area contributed by atoms with Crippen LogP contribution in [-0.2, 0) is 34.9 Å². The molecule has 3 nitrogen and oxygen atoms in total. The quantitative estimate of drug-likeness (QED) is 0.471. The molecule has 0 aliphatic rings. The summed E-state index contributed by atoms with van der Waals surface area (Å²) in [5.74, 6) is -0.569. The minimum absolute atomic E-state index is 0.144. The fourth-order valence-electron chi connectivity index (χ4n) is 4.08. The van der Waals surface area contributed by atoms with Crippen LogP contribution in [0, 0.1) is 0 Å². The molecule has 0 aliphatic heterocycles. The van der Waals surface area contributed by atoms with Gasteiger partial charge in [-0.3, -0.25) is 0 Å². The highest BCUT2D eigenvalue weighted by molar-refractivity contribution is 5.92. The maximum Gasteiger partial charge on any atom is 0.331 e. The zero-order chi connectivity index (χ0) is 24.4. The van der Waals surface area contributed by atoms with Crippen molar-refractivity contribution in [3.8, 4) is 5.75 Å². The van der Waals surface area contributed by atoms with Crippen molar-refractivity contribution in [3.05, 3.63) is 68.8 Å². The molecule has 0 aliphatic carbocycles. The Kier molecular flexibility index (Phi) is 7.65. The highest BCUT2D eigenvalue weighted by Gasteiger charge is 2.24. The van der Waals surface area contributed by atoms with Crippen LogP contribution in [-0.4, -0.2) is 16.2 Å². The van der Waals surface area contributed by atoms with Crippen molar-refractivity contribution in [1.82, 2.24) is 0 Å². The molecule has 0 aromatic heterocycles. The van der Waals surface area contributed by atoms with Crippen molar-refractivity contribution in [3.63, 3.8) is 0 Å². The monoisotopic (exact) mass is 436 g/mol. The highest BCUT2D eigenvalue weighted by atomic mass is 16.4. The van der Waals surface area contributed by atoms with E-state index < -0.39 is 5.97 Å². The summed E-state index contributed by atoms with van der Waals surface area (Å²) in [4.78, 5) is 11.6. The highest BCUT2D eigenvalue weighted by Crippen LogP contribution is 2.38. The molecule has 0 amide bonds. The second kappa shape index (κ2) is 9.52. The Balaban J connectivity index is 2.83. The summed E-state index contributed by atoms with van der Waals surface area (Å²) in [6, 6.07) is 8.58. The number of rotatable bonds is 6. The van der Waals surface area contributed by atoms with Crippen molar-refractivity contribution in [1.29, 1.82) is 0 Å². The van der Waals surface area contributed by atoms with Gasteiger partial charge in [0.15, 0.2) is 0 Å². The van der Waals surface area contributed by atoms with Gasteiger partial charge in [0.1, 0.15) is 5.75 Å². The van der Waals surface area contributed by atoms with Crippen molar-refractivity contribution < 1.29 is 15.0 Å². The first-order chi connectivity index (χ1) is 14.7. The summed E-state index contributed by atoms with van der Waals surface area (Å²) in [6.07, 6.45) is 4.14. The van der Waals surface area contributed by atoms with Gasteiger partial charge in [0.2, 0.25) is 0 Å². The predicted octanol–water partition coefficient (Wildman–Crippen LogP) is 7.19. The number of phenols is 1. The van der Waals surface area contributed by atoms with E-state index in [0.717, 1.165) is 40.7 Å². The number of benzene rings is 2. The van der Waals surface area contributed by atoms with E-state index >= 15 is 0 Å². The molecule has 2 aromatic carbocycles. The first-order valence-electron chi connectivity index (χ1n) is 11.6. The third kappa shape index (κ3) is 5.82. The molecule has 174 valence electrons. The van der Waals surface area contributed by atoms with E-state index in [9.17, 15) is 15.0 Å². The molecule has 0 bridgehead atoms. The lowest BCUT2D eigenvalue weighted by Crippen LogP contribution is -2.16. The number of hydrogen-bond donors (Lipinski definition) is 2.